The minimum Gasteiger partial charge on any atom is -0.357 e. The number of rotatable bonds is 8. The molecule has 0 saturated carbocycles. The molecule has 2 aromatic carbocycles. The van der Waals surface area contributed by atoms with Gasteiger partial charge in [0.1, 0.15) is 0 Å². The molecule has 0 amide bonds. The molecular weight excluding hydrogens is 535 g/mol. The highest BCUT2D eigenvalue weighted by atomic mass is 127. The Kier molecular flexibility index (Phi) is 10.6. The zero-order valence-corrected chi connectivity index (χ0v) is 21.4. The molecule has 4 N–H and O–H groups in total. The van der Waals surface area contributed by atoms with E-state index in [1.165, 1.54) is 11.6 Å². The van der Waals surface area contributed by atoms with E-state index in [9.17, 15) is 8.42 Å². The van der Waals surface area contributed by atoms with Crippen molar-refractivity contribution in [2.75, 3.05) is 13.1 Å². The Morgan fingerprint density at radius 2 is 1.77 bits per heavy atom. The van der Waals surface area contributed by atoms with Gasteiger partial charge < -0.3 is 10.6 Å². The first-order chi connectivity index (χ1) is 13.6. The zero-order valence-electron chi connectivity index (χ0n) is 17.5. The molecule has 9 heteroatoms. The lowest BCUT2D eigenvalue weighted by atomic mass is 9.86. The number of sulfonamides is 1. The molecule has 2 aromatic rings. The summed E-state index contributed by atoms with van der Waals surface area (Å²) in [6.07, 6.45) is 0.871. The molecule has 0 unspecified atom stereocenters. The second-order valence-corrected chi connectivity index (χ2v) is 9.71. The third kappa shape index (κ3) is 9.20. The van der Waals surface area contributed by atoms with Crippen molar-refractivity contribution in [3.8, 4) is 0 Å². The van der Waals surface area contributed by atoms with Gasteiger partial charge in [0.2, 0.25) is 10.0 Å². The highest BCUT2D eigenvalue weighted by molar-refractivity contribution is 14.0. The predicted octanol–water partition coefficient (Wildman–Crippen LogP) is 3.93. The van der Waals surface area contributed by atoms with Crippen LogP contribution in [0.4, 0.5) is 0 Å². The summed E-state index contributed by atoms with van der Waals surface area (Å²) in [5, 5.41) is 12.5. The molecule has 0 atom stereocenters. The van der Waals surface area contributed by atoms with E-state index in [1.807, 2.05) is 31.2 Å². The van der Waals surface area contributed by atoms with Crippen molar-refractivity contribution in [2.24, 2.45) is 15.5 Å². The van der Waals surface area contributed by atoms with Gasteiger partial charge in [-0.2, -0.15) is 0 Å². The van der Waals surface area contributed by atoms with Gasteiger partial charge in [0.15, 0.2) is 5.96 Å². The molecule has 0 aliphatic carbocycles. The van der Waals surface area contributed by atoms with Gasteiger partial charge in [-0.05, 0) is 54.2 Å². The van der Waals surface area contributed by atoms with E-state index in [0.717, 1.165) is 23.6 Å². The van der Waals surface area contributed by atoms with E-state index in [0.29, 0.717) is 19.0 Å². The highest BCUT2D eigenvalue weighted by Crippen LogP contribution is 2.22. The van der Waals surface area contributed by atoms with Gasteiger partial charge in [-0.1, -0.05) is 49.7 Å². The molecule has 0 aliphatic heterocycles. The van der Waals surface area contributed by atoms with Crippen molar-refractivity contribution in [2.45, 2.75) is 38.6 Å². The molecule has 0 radical (unpaired) electrons. The van der Waals surface area contributed by atoms with E-state index in [-0.39, 0.29) is 34.3 Å². The summed E-state index contributed by atoms with van der Waals surface area (Å²) >= 11 is 6.09. The molecular formula is C21H30ClIN4O2S. The summed E-state index contributed by atoms with van der Waals surface area (Å²) in [5.74, 6) is 0.674. The molecule has 6 nitrogen and oxygen atoms in total. The molecule has 0 aromatic heterocycles. The van der Waals surface area contributed by atoms with Crippen LogP contribution in [0.25, 0.3) is 0 Å². The molecule has 0 bridgehead atoms. The number of benzene rings is 2. The minimum absolute atomic E-state index is 0. The van der Waals surface area contributed by atoms with Crippen LogP contribution in [-0.4, -0.2) is 27.5 Å². The maximum atomic E-state index is 11.5. The molecule has 2 rings (SSSR count). The number of nitrogens with one attached hydrogen (secondary N) is 2. The van der Waals surface area contributed by atoms with Crippen LogP contribution < -0.4 is 15.8 Å². The summed E-state index contributed by atoms with van der Waals surface area (Å²) in [7, 11) is -3.73. The number of nitrogens with two attached hydrogens (primary N) is 1. The lowest BCUT2D eigenvalue weighted by Gasteiger charge is -2.26. The van der Waals surface area contributed by atoms with Gasteiger partial charge in [-0.15, -0.1) is 24.0 Å². The Morgan fingerprint density at radius 1 is 1.10 bits per heavy atom. The fourth-order valence-corrected chi connectivity index (χ4v) is 3.71. The molecule has 0 saturated heterocycles. The van der Waals surface area contributed by atoms with Crippen LogP contribution in [0.2, 0.25) is 5.02 Å². The number of guanidine groups is 1. The van der Waals surface area contributed by atoms with Crippen molar-refractivity contribution < 1.29 is 8.42 Å². The van der Waals surface area contributed by atoms with E-state index in [4.69, 9.17) is 16.7 Å². The summed E-state index contributed by atoms with van der Waals surface area (Å²) in [6, 6.07) is 14.4. The molecule has 0 spiro atoms. The standard InChI is InChI=1S/C21H29ClN4O2S.HI/c1-4-24-20(25-14-17-8-6-10-19(12-17)29(23,27)28)26-15-21(2,3)13-16-7-5-9-18(22)11-16;/h5-12H,4,13-15H2,1-3H3,(H2,23,27,28)(H2,24,25,26);1H. The van der Waals surface area contributed by atoms with E-state index < -0.39 is 10.0 Å². The maximum Gasteiger partial charge on any atom is 0.238 e. The van der Waals surface area contributed by atoms with Crippen molar-refractivity contribution in [3.63, 3.8) is 0 Å². The third-order valence-corrected chi connectivity index (χ3v) is 5.44. The van der Waals surface area contributed by atoms with Crippen LogP contribution >= 0.6 is 35.6 Å². The monoisotopic (exact) mass is 564 g/mol. The lowest BCUT2D eigenvalue weighted by Crippen LogP contribution is -2.42. The van der Waals surface area contributed by atoms with Crippen molar-refractivity contribution in [1.82, 2.24) is 10.6 Å². The average molecular weight is 565 g/mol. The van der Waals surface area contributed by atoms with Crippen LogP contribution in [0.15, 0.2) is 58.4 Å². The fourth-order valence-electron chi connectivity index (χ4n) is 2.92. The number of hydrogen-bond donors (Lipinski definition) is 3. The van der Waals surface area contributed by atoms with Crippen LogP contribution in [0.3, 0.4) is 0 Å². The van der Waals surface area contributed by atoms with Gasteiger partial charge in [0.05, 0.1) is 11.4 Å². The van der Waals surface area contributed by atoms with Crippen molar-refractivity contribution in [3.05, 3.63) is 64.7 Å². The molecule has 30 heavy (non-hydrogen) atoms. The smallest absolute Gasteiger partial charge is 0.238 e. The lowest BCUT2D eigenvalue weighted by molar-refractivity contribution is 0.359. The summed E-state index contributed by atoms with van der Waals surface area (Å²) in [6.45, 7) is 8.13. The topological polar surface area (TPSA) is 96.6 Å². The Bertz CT molecular complexity index is 965. The number of aliphatic imine (C=N–C) groups is 1. The van der Waals surface area contributed by atoms with Crippen LogP contribution in [-0.2, 0) is 23.0 Å². The number of nitrogens with zero attached hydrogens (tertiary/aromatic N) is 1. The number of halogens is 2. The Balaban J connectivity index is 0.00000450. The highest BCUT2D eigenvalue weighted by Gasteiger charge is 2.19. The van der Waals surface area contributed by atoms with E-state index in [1.54, 1.807) is 12.1 Å². The first-order valence-electron chi connectivity index (χ1n) is 9.47. The summed E-state index contributed by atoms with van der Waals surface area (Å²) < 4.78 is 23.0. The molecule has 0 fully saturated rings. The van der Waals surface area contributed by atoms with Gasteiger partial charge in [-0.3, -0.25) is 0 Å². The first-order valence-corrected chi connectivity index (χ1v) is 11.4. The molecule has 166 valence electrons. The van der Waals surface area contributed by atoms with Crippen molar-refractivity contribution >= 4 is 51.6 Å². The van der Waals surface area contributed by atoms with Crippen LogP contribution in [0.1, 0.15) is 31.9 Å². The zero-order chi connectivity index (χ0) is 21.5. The molecule has 0 heterocycles. The minimum atomic E-state index is -3.73. The van der Waals surface area contributed by atoms with Crippen LogP contribution in [0, 0.1) is 5.41 Å². The summed E-state index contributed by atoms with van der Waals surface area (Å²) in [4.78, 5) is 4.66. The van der Waals surface area contributed by atoms with Crippen molar-refractivity contribution in [1.29, 1.82) is 0 Å². The van der Waals surface area contributed by atoms with Crippen LogP contribution in [0.5, 0.6) is 0 Å². The maximum absolute atomic E-state index is 11.5. The number of primary sulfonamides is 1. The fraction of sp³-hybridized carbons (Fsp3) is 0.381. The Hall–Kier alpha value is -1.36. The van der Waals surface area contributed by atoms with E-state index >= 15 is 0 Å². The first kappa shape index (κ1) is 26.7. The molecule has 0 aliphatic rings. The Labute approximate surface area is 201 Å². The van der Waals surface area contributed by atoms with Gasteiger partial charge >= 0.3 is 0 Å². The predicted molar refractivity (Wildman–Crippen MR) is 135 cm³/mol. The van der Waals surface area contributed by atoms with E-state index in [2.05, 4.69) is 35.5 Å². The second-order valence-electron chi connectivity index (χ2n) is 7.71. The number of hydrogen-bond acceptors (Lipinski definition) is 3. The third-order valence-electron chi connectivity index (χ3n) is 4.30. The average Bonchev–Trinajstić information content (AvgIpc) is 2.63. The second kappa shape index (κ2) is 11.9. The largest absolute Gasteiger partial charge is 0.357 e. The summed E-state index contributed by atoms with van der Waals surface area (Å²) in [5.41, 5.74) is 1.94. The normalized spacial score (nSPS) is 12.2. The van der Waals surface area contributed by atoms with Gasteiger partial charge in [0, 0.05) is 18.1 Å². The van der Waals surface area contributed by atoms with Gasteiger partial charge in [0.25, 0.3) is 0 Å². The quantitative estimate of drug-likeness (QED) is 0.257. The SMILES string of the molecule is CCNC(=NCc1cccc(S(N)(=O)=O)c1)NCC(C)(C)Cc1cccc(Cl)c1.I. The Morgan fingerprint density at radius 3 is 2.40 bits per heavy atom. The van der Waals surface area contributed by atoms with Gasteiger partial charge in [-0.25, -0.2) is 18.5 Å².